The van der Waals surface area contributed by atoms with Crippen LogP contribution in [0.4, 0.5) is 5.69 Å². The van der Waals surface area contributed by atoms with Crippen molar-refractivity contribution in [2.45, 2.75) is 19.9 Å². The van der Waals surface area contributed by atoms with Crippen LogP contribution in [0.15, 0.2) is 30.3 Å². The molecule has 108 valence electrons. The summed E-state index contributed by atoms with van der Waals surface area (Å²) in [5.74, 6) is -0.292. The second-order valence-corrected chi connectivity index (χ2v) is 4.69. The lowest BCUT2D eigenvalue weighted by Crippen LogP contribution is -2.40. The van der Waals surface area contributed by atoms with Gasteiger partial charge >= 0.3 is 0 Å². The third-order valence-corrected chi connectivity index (χ3v) is 2.88. The van der Waals surface area contributed by atoms with Crippen molar-refractivity contribution in [3.8, 4) is 0 Å². The number of aliphatic hydroxyl groups excluding tert-OH is 1. The predicted octanol–water partition coefficient (Wildman–Crippen LogP) is 1.74. The van der Waals surface area contributed by atoms with E-state index in [1.807, 2.05) is 13.8 Å². The van der Waals surface area contributed by atoms with Gasteiger partial charge in [0, 0.05) is 12.1 Å². The minimum Gasteiger partial charge on any atom is -0.394 e. The molecule has 0 saturated carbocycles. The molecule has 6 nitrogen and oxygen atoms in total. The maximum absolute atomic E-state index is 11.7. The Labute approximate surface area is 117 Å². The molecule has 0 aliphatic rings. The van der Waals surface area contributed by atoms with Gasteiger partial charge in [-0.05, 0) is 18.1 Å². The highest BCUT2D eigenvalue weighted by Crippen LogP contribution is 2.18. The first-order chi connectivity index (χ1) is 9.45. The molecule has 0 fully saturated rings. The quantitative estimate of drug-likeness (QED) is 0.471. The molecule has 0 saturated heterocycles. The first-order valence-corrected chi connectivity index (χ1v) is 6.28. The third kappa shape index (κ3) is 4.47. The minimum absolute atomic E-state index is 0.0564. The van der Waals surface area contributed by atoms with Gasteiger partial charge in [-0.2, -0.15) is 0 Å². The maximum Gasteiger partial charge on any atom is 0.276 e. The molecule has 1 rings (SSSR count). The molecule has 0 spiro atoms. The number of benzene rings is 1. The van der Waals surface area contributed by atoms with Gasteiger partial charge < -0.3 is 10.4 Å². The van der Waals surface area contributed by atoms with E-state index in [0.717, 1.165) is 0 Å². The molecule has 2 N–H and O–H groups in total. The summed E-state index contributed by atoms with van der Waals surface area (Å²) in [4.78, 5) is 22.0. The number of hydrogen-bond donors (Lipinski definition) is 2. The lowest BCUT2D eigenvalue weighted by Gasteiger charge is -2.18. The van der Waals surface area contributed by atoms with E-state index in [0.29, 0.717) is 5.56 Å². The Bertz CT molecular complexity index is 512. The Morgan fingerprint density at radius 1 is 1.45 bits per heavy atom. The van der Waals surface area contributed by atoms with Crippen molar-refractivity contribution in [1.29, 1.82) is 0 Å². The van der Waals surface area contributed by atoms with E-state index < -0.39 is 10.8 Å². The number of hydrogen-bond acceptors (Lipinski definition) is 4. The van der Waals surface area contributed by atoms with Gasteiger partial charge in [-0.25, -0.2) is 0 Å². The first-order valence-electron chi connectivity index (χ1n) is 6.28. The fourth-order valence-corrected chi connectivity index (χ4v) is 1.61. The molecule has 0 aliphatic carbocycles. The Morgan fingerprint density at radius 2 is 2.10 bits per heavy atom. The van der Waals surface area contributed by atoms with Crippen LogP contribution in [-0.4, -0.2) is 28.6 Å². The van der Waals surface area contributed by atoms with Crippen LogP contribution in [0.5, 0.6) is 0 Å². The van der Waals surface area contributed by atoms with Crippen LogP contribution in [-0.2, 0) is 4.79 Å². The standard InChI is InChI=1S/C14H18N2O4/c1-10(2)12(9-17)15-14(18)8-7-11-5-3-4-6-13(11)16(19)20/h3-8,10,12,17H,9H2,1-2H3,(H,15,18)/t12-/m1/s1. The second kappa shape index (κ2) is 7.40. The van der Waals surface area contributed by atoms with E-state index in [1.54, 1.807) is 18.2 Å². The summed E-state index contributed by atoms with van der Waals surface area (Å²) in [6.45, 7) is 3.61. The lowest BCUT2D eigenvalue weighted by molar-refractivity contribution is -0.385. The van der Waals surface area contributed by atoms with Gasteiger partial charge in [-0.1, -0.05) is 26.0 Å². The van der Waals surface area contributed by atoms with Crippen LogP contribution < -0.4 is 5.32 Å². The zero-order valence-electron chi connectivity index (χ0n) is 11.4. The van der Waals surface area contributed by atoms with Crippen molar-refractivity contribution in [1.82, 2.24) is 5.32 Å². The van der Waals surface area contributed by atoms with Crippen molar-refractivity contribution in [2.24, 2.45) is 5.92 Å². The molecule has 0 aromatic heterocycles. The van der Waals surface area contributed by atoms with Crippen LogP contribution in [0.3, 0.4) is 0 Å². The number of para-hydroxylation sites is 1. The highest BCUT2D eigenvalue weighted by Gasteiger charge is 2.14. The summed E-state index contributed by atoms with van der Waals surface area (Å²) in [6.07, 6.45) is 2.62. The van der Waals surface area contributed by atoms with Gasteiger partial charge in [0.2, 0.25) is 5.91 Å². The predicted molar refractivity (Wildman–Crippen MR) is 76.0 cm³/mol. The largest absolute Gasteiger partial charge is 0.394 e. The van der Waals surface area contributed by atoms with Gasteiger partial charge in [-0.15, -0.1) is 0 Å². The topological polar surface area (TPSA) is 92.5 Å². The van der Waals surface area contributed by atoms with Crippen LogP contribution >= 0.6 is 0 Å². The molecule has 0 unspecified atom stereocenters. The maximum atomic E-state index is 11.7. The number of nitrogens with zero attached hydrogens (tertiary/aromatic N) is 1. The molecule has 1 atom stereocenters. The van der Waals surface area contributed by atoms with E-state index in [2.05, 4.69) is 5.32 Å². The molecule has 1 aromatic rings. The third-order valence-electron chi connectivity index (χ3n) is 2.88. The number of carbonyl (C=O) groups is 1. The molecule has 20 heavy (non-hydrogen) atoms. The molecule has 1 amide bonds. The van der Waals surface area contributed by atoms with E-state index >= 15 is 0 Å². The highest BCUT2D eigenvalue weighted by molar-refractivity contribution is 5.92. The average Bonchev–Trinajstić information content (AvgIpc) is 2.42. The van der Waals surface area contributed by atoms with E-state index in [4.69, 9.17) is 5.11 Å². The van der Waals surface area contributed by atoms with Crippen LogP contribution in [0.2, 0.25) is 0 Å². The minimum atomic E-state index is -0.498. The summed E-state index contributed by atoms with van der Waals surface area (Å²) >= 11 is 0. The van der Waals surface area contributed by atoms with E-state index in [-0.39, 0.29) is 24.3 Å². The molecular formula is C14H18N2O4. The summed E-state index contributed by atoms with van der Waals surface area (Å²) in [7, 11) is 0. The molecule has 0 bridgehead atoms. The summed E-state index contributed by atoms with van der Waals surface area (Å²) < 4.78 is 0. The number of rotatable bonds is 6. The fraction of sp³-hybridized carbons (Fsp3) is 0.357. The van der Waals surface area contributed by atoms with Crippen molar-refractivity contribution < 1.29 is 14.8 Å². The SMILES string of the molecule is CC(C)[C@@H](CO)NC(=O)C=Cc1ccccc1[N+](=O)[O-]. The summed E-state index contributed by atoms with van der Waals surface area (Å²) in [6, 6.07) is 5.83. The summed E-state index contributed by atoms with van der Waals surface area (Å²) in [5, 5.41) is 22.6. The zero-order chi connectivity index (χ0) is 15.1. The smallest absolute Gasteiger partial charge is 0.276 e. The highest BCUT2D eigenvalue weighted by atomic mass is 16.6. The molecule has 0 aliphatic heterocycles. The van der Waals surface area contributed by atoms with Crippen LogP contribution in [0.1, 0.15) is 19.4 Å². The summed E-state index contributed by atoms with van der Waals surface area (Å²) in [5.41, 5.74) is 0.303. The Hall–Kier alpha value is -2.21. The van der Waals surface area contributed by atoms with Gasteiger partial charge in [-0.3, -0.25) is 14.9 Å². The first kappa shape index (κ1) is 15.8. The average molecular weight is 278 g/mol. The normalized spacial score (nSPS) is 12.6. The van der Waals surface area contributed by atoms with Gasteiger partial charge in [0.25, 0.3) is 5.69 Å². The number of nitro groups is 1. The number of nitrogens with one attached hydrogen (secondary N) is 1. The van der Waals surface area contributed by atoms with Crippen molar-refractivity contribution >= 4 is 17.7 Å². The van der Waals surface area contributed by atoms with Gasteiger partial charge in [0.15, 0.2) is 0 Å². The van der Waals surface area contributed by atoms with Gasteiger partial charge in [0.05, 0.1) is 23.1 Å². The number of carbonyl (C=O) groups excluding carboxylic acids is 1. The van der Waals surface area contributed by atoms with E-state index in [1.165, 1.54) is 18.2 Å². The Balaban J connectivity index is 2.78. The molecule has 1 aromatic carbocycles. The number of amides is 1. The monoisotopic (exact) mass is 278 g/mol. The van der Waals surface area contributed by atoms with Crippen molar-refractivity contribution in [3.63, 3.8) is 0 Å². The Morgan fingerprint density at radius 3 is 2.65 bits per heavy atom. The fourth-order valence-electron chi connectivity index (χ4n) is 1.61. The number of nitro benzene ring substituents is 1. The van der Waals surface area contributed by atoms with Crippen molar-refractivity contribution in [3.05, 3.63) is 46.0 Å². The molecule has 0 heterocycles. The second-order valence-electron chi connectivity index (χ2n) is 4.69. The van der Waals surface area contributed by atoms with Gasteiger partial charge in [0.1, 0.15) is 0 Å². The zero-order valence-corrected chi connectivity index (χ0v) is 11.4. The van der Waals surface area contributed by atoms with E-state index in [9.17, 15) is 14.9 Å². The molecular weight excluding hydrogens is 260 g/mol. The molecule has 6 heteroatoms. The number of aliphatic hydroxyl groups is 1. The van der Waals surface area contributed by atoms with Crippen molar-refractivity contribution in [2.75, 3.05) is 6.61 Å². The Kier molecular flexibility index (Phi) is 5.86. The molecule has 0 radical (unpaired) electrons. The van der Waals surface area contributed by atoms with Crippen LogP contribution in [0.25, 0.3) is 6.08 Å². The van der Waals surface area contributed by atoms with Crippen LogP contribution in [0, 0.1) is 16.0 Å². The lowest BCUT2D eigenvalue weighted by atomic mass is 10.1.